The molecule has 1 N–H and O–H groups in total. The third kappa shape index (κ3) is 3.18. The lowest BCUT2D eigenvalue weighted by atomic mass is 9.80. The molecule has 0 aromatic carbocycles. The SMILES string of the molecule is CCNC(c1csc(C)n1)C1CC(C)(C)OC1(C)C. The van der Waals surface area contributed by atoms with E-state index in [9.17, 15) is 0 Å². The molecule has 4 heteroatoms. The topological polar surface area (TPSA) is 34.2 Å². The van der Waals surface area contributed by atoms with Crippen LogP contribution in [0.5, 0.6) is 0 Å². The third-order valence-corrected chi connectivity index (χ3v) is 4.72. The zero-order chi connectivity index (χ0) is 14.3. The van der Waals surface area contributed by atoms with E-state index in [2.05, 4.69) is 57.2 Å². The van der Waals surface area contributed by atoms with E-state index in [1.165, 1.54) is 5.69 Å². The van der Waals surface area contributed by atoms with Gasteiger partial charge in [0.1, 0.15) is 0 Å². The smallest absolute Gasteiger partial charge is 0.0898 e. The molecule has 3 nitrogen and oxygen atoms in total. The highest BCUT2D eigenvalue weighted by molar-refractivity contribution is 7.09. The summed E-state index contributed by atoms with van der Waals surface area (Å²) in [6.07, 6.45) is 1.06. The van der Waals surface area contributed by atoms with Crippen LogP contribution in [0.1, 0.15) is 57.8 Å². The van der Waals surface area contributed by atoms with Gasteiger partial charge in [-0.2, -0.15) is 0 Å². The fourth-order valence-corrected chi connectivity index (χ4v) is 3.97. The Balaban J connectivity index is 2.29. The monoisotopic (exact) mass is 282 g/mol. The van der Waals surface area contributed by atoms with Gasteiger partial charge < -0.3 is 10.1 Å². The Morgan fingerprint density at radius 3 is 2.58 bits per heavy atom. The van der Waals surface area contributed by atoms with Crippen molar-refractivity contribution >= 4 is 11.3 Å². The summed E-state index contributed by atoms with van der Waals surface area (Å²) in [6, 6.07) is 0.284. The zero-order valence-corrected chi connectivity index (χ0v) is 13.7. The van der Waals surface area contributed by atoms with E-state index in [1.54, 1.807) is 11.3 Å². The fourth-order valence-electron chi connectivity index (χ4n) is 3.32. The predicted octanol–water partition coefficient (Wildman–Crippen LogP) is 3.70. The molecule has 1 aliphatic rings. The second-order valence-electron chi connectivity index (χ2n) is 6.60. The number of hydrogen-bond donors (Lipinski definition) is 1. The summed E-state index contributed by atoms with van der Waals surface area (Å²) in [5.74, 6) is 0.448. The molecule has 0 saturated carbocycles. The molecule has 1 fully saturated rings. The summed E-state index contributed by atoms with van der Waals surface area (Å²) >= 11 is 1.73. The van der Waals surface area contributed by atoms with Crippen LogP contribution in [-0.4, -0.2) is 22.7 Å². The lowest BCUT2D eigenvalue weighted by Crippen LogP contribution is -2.38. The van der Waals surface area contributed by atoms with Gasteiger partial charge in [-0.05, 0) is 47.6 Å². The first-order chi connectivity index (χ1) is 8.75. The van der Waals surface area contributed by atoms with Crippen molar-refractivity contribution in [3.05, 3.63) is 16.1 Å². The number of nitrogens with zero attached hydrogens (tertiary/aromatic N) is 1. The number of rotatable bonds is 4. The van der Waals surface area contributed by atoms with Gasteiger partial charge in [-0.25, -0.2) is 4.98 Å². The summed E-state index contributed by atoms with van der Waals surface area (Å²) in [6.45, 7) is 14.0. The van der Waals surface area contributed by atoms with E-state index in [1.807, 2.05) is 0 Å². The van der Waals surface area contributed by atoms with Crippen LogP contribution in [0.2, 0.25) is 0 Å². The molecule has 0 amide bonds. The van der Waals surface area contributed by atoms with Crippen molar-refractivity contribution in [2.45, 2.75) is 65.2 Å². The van der Waals surface area contributed by atoms with Gasteiger partial charge in [0.2, 0.25) is 0 Å². The number of ether oxygens (including phenoxy) is 1. The Hall–Kier alpha value is -0.450. The maximum atomic E-state index is 6.24. The standard InChI is InChI=1S/C15H26N2OS/c1-7-16-13(12-9-19-10(2)17-12)11-8-14(3,4)18-15(11,5)6/h9,11,13,16H,7-8H2,1-6H3. The molecule has 1 aromatic rings. The second kappa shape index (κ2) is 5.15. The largest absolute Gasteiger partial charge is 0.369 e. The van der Waals surface area contributed by atoms with Gasteiger partial charge in [0, 0.05) is 11.3 Å². The van der Waals surface area contributed by atoms with E-state index in [4.69, 9.17) is 4.74 Å². The molecule has 108 valence electrons. The third-order valence-electron chi connectivity index (χ3n) is 3.93. The summed E-state index contributed by atoms with van der Waals surface area (Å²) in [7, 11) is 0. The number of hydrogen-bond acceptors (Lipinski definition) is 4. The van der Waals surface area contributed by atoms with Crippen LogP contribution in [0.25, 0.3) is 0 Å². The summed E-state index contributed by atoms with van der Waals surface area (Å²) in [5, 5.41) is 6.93. The Kier molecular flexibility index (Phi) is 4.05. The minimum atomic E-state index is -0.117. The lowest BCUT2D eigenvalue weighted by molar-refractivity contribution is -0.0779. The highest BCUT2D eigenvalue weighted by Gasteiger charge is 2.49. The van der Waals surface area contributed by atoms with Crippen LogP contribution in [0.3, 0.4) is 0 Å². The van der Waals surface area contributed by atoms with E-state index in [0.717, 1.165) is 18.0 Å². The van der Waals surface area contributed by atoms with Crippen molar-refractivity contribution in [3.63, 3.8) is 0 Å². The molecule has 1 aromatic heterocycles. The fraction of sp³-hybridized carbons (Fsp3) is 0.800. The molecule has 1 aliphatic heterocycles. The number of aryl methyl sites for hydroxylation is 1. The van der Waals surface area contributed by atoms with Gasteiger partial charge >= 0.3 is 0 Å². The average molecular weight is 282 g/mol. The van der Waals surface area contributed by atoms with Crippen molar-refractivity contribution in [3.8, 4) is 0 Å². The molecule has 0 radical (unpaired) electrons. The quantitative estimate of drug-likeness (QED) is 0.914. The number of thiazole rings is 1. The molecular formula is C15H26N2OS. The van der Waals surface area contributed by atoms with Crippen molar-refractivity contribution in [1.29, 1.82) is 0 Å². The summed E-state index contributed by atoms with van der Waals surface area (Å²) < 4.78 is 6.24. The molecule has 19 heavy (non-hydrogen) atoms. The minimum absolute atomic E-state index is 0.0487. The molecule has 2 heterocycles. The first-order valence-electron chi connectivity index (χ1n) is 7.11. The van der Waals surface area contributed by atoms with E-state index >= 15 is 0 Å². The van der Waals surface area contributed by atoms with Crippen LogP contribution in [-0.2, 0) is 4.74 Å². The average Bonchev–Trinajstić information content (AvgIpc) is 2.76. The lowest BCUT2D eigenvalue weighted by Gasteiger charge is -2.32. The van der Waals surface area contributed by atoms with Gasteiger partial charge in [0.15, 0.2) is 0 Å². The zero-order valence-electron chi connectivity index (χ0n) is 12.9. The van der Waals surface area contributed by atoms with Crippen molar-refractivity contribution in [1.82, 2.24) is 10.3 Å². The van der Waals surface area contributed by atoms with Crippen LogP contribution >= 0.6 is 11.3 Å². The van der Waals surface area contributed by atoms with Crippen molar-refractivity contribution < 1.29 is 4.74 Å². The number of nitrogens with one attached hydrogen (secondary N) is 1. The van der Waals surface area contributed by atoms with Crippen molar-refractivity contribution in [2.75, 3.05) is 6.54 Å². The van der Waals surface area contributed by atoms with Gasteiger partial charge in [0.25, 0.3) is 0 Å². The first kappa shape index (κ1) is 14.9. The Labute approximate surface area is 120 Å². The molecular weight excluding hydrogens is 256 g/mol. The molecule has 0 spiro atoms. The van der Waals surface area contributed by atoms with Crippen LogP contribution < -0.4 is 5.32 Å². The Bertz CT molecular complexity index is 439. The van der Waals surface area contributed by atoms with E-state index < -0.39 is 0 Å². The van der Waals surface area contributed by atoms with Gasteiger partial charge in [-0.3, -0.25) is 0 Å². The minimum Gasteiger partial charge on any atom is -0.369 e. The second-order valence-corrected chi connectivity index (χ2v) is 7.66. The molecule has 0 aliphatic carbocycles. The van der Waals surface area contributed by atoms with Gasteiger partial charge in [-0.15, -0.1) is 11.3 Å². The summed E-state index contributed by atoms with van der Waals surface area (Å²) in [4.78, 5) is 4.69. The number of aromatic nitrogens is 1. The predicted molar refractivity (Wildman–Crippen MR) is 80.6 cm³/mol. The maximum Gasteiger partial charge on any atom is 0.0898 e. The normalized spacial score (nSPS) is 26.5. The Morgan fingerprint density at radius 1 is 1.47 bits per heavy atom. The van der Waals surface area contributed by atoms with Crippen LogP contribution in [0.4, 0.5) is 0 Å². The highest BCUT2D eigenvalue weighted by atomic mass is 32.1. The molecule has 2 unspecified atom stereocenters. The molecule has 2 rings (SSSR count). The van der Waals surface area contributed by atoms with Gasteiger partial charge in [-0.1, -0.05) is 6.92 Å². The highest BCUT2D eigenvalue weighted by Crippen LogP contribution is 2.47. The summed E-state index contributed by atoms with van der Waals surface area (Å²) in [5.41, 5.74) is 1.00. The van der Waals surface area contributed by atoms with Crippen molar-refractivity contribution in [2.24, 2.45) is 5.92 Å². The Morgan fingerprint density at radius 2 is 2.16 bits per heavy atom. The van der Waals surface area contributed by atoms with E-state index in [0.29, 0.717) is 5.92 Å². The molecule has 0 bridgehead atoms. The molecule has 1 saturated heterocycles. The van der Waals surface area contributed by atoms with E-state index in [-0.39, 0.29) is 17.2 Å². The van der Waals surface area contributed by atoms with Crippen LogP contribution in [0, 0.1) is 12.8 Å². The van der Waals surface area contributed by atoms with Gasteiger partial charge in [0.05, 0.1) is 27.9 Å². The molecule has 2 atom stereocenters. The van der Waals surface area contributed by atoms with Crippen LogP contribution in [0.15, 0.2) is 5.38 Å². The maximum absolute atomic E-state index is 6.24. The first-order valence-corrected chi connectivity index (χ1v) is 7.99.